The van der Waals surface area contributed by atoms with Crippen LogP contribution in [0.2, 0.25) is 0 Å². The molecule has 0 amide bonds. The summed E-state index contributed by atoms with van der Waals surface area (Å²) in [5.74, 6) is 1.83. The summed E-state index contributed by atoms with van der Waals surface area (Å²) < 4.78 is 2.19. The highest BCUT2D eigenvalue weighted by Gasteiger charge is 2.37. The molecule has 6 nitrogen and oxygen atoms in total. The first-order valence-electron chi connectivity index (χ1n) is 11.2. The van der Waals surface area contributed by atoms with Gasteiger partial charge < -0.3 is 10.2 Å². The zero-order valence-electron chi connectivity index (χ0n) is 18.1. The Morgan fingerprint density at radius 3 is 3.00 bits per heavy atom. The van der Waals surface area contributed by atoms with E-state index in [1.807, 2.05) is 6.20 Å². The number of hydrogen-bond donors (Lipinski definition) is 1. The van der Waals surface area contributed by atoms with Gasteiger partial charge in [-0.25, -0.2) is 4.98 Å². The number of fused-ring (bicyclic) bond motifs is 4. The lowest BCUT2D eigenvalue weighted by Crippen LogP contribution is -2.41. The summed E-state index contributed by atoms with van der Waals surface area (Å²) in [5.41, 5.74) is 4.90. The molecule has 1 fully saturated rings. The van der Waals surface area contributed by atoms with Crippen LogP contribution >= 0.6 is 0 Å². The first-order valence-corrected chi connectivity index (χ1v) is 11.2. The molecule has 0 bridgehead atoms. The van der Waals surface area contributed by atoms with Crippen LogP contribution in [0.25, 0.3) is 5.65 Å². The molecule has 5 rings (SSSR count). The summed E-state index contributed by atoms with van der Waals surface area (Å²) in [5, 5.41) is 3.55. The van der Waals surface area contributed by atoms with Crippen molar-refractivity contribution in [3.63, 3.8) is 0 Å². The van der Waals surface area contributed by atoms with E-state index in [1.165, 1.54) is 36.9 Å². The zero-order chi connectivity index (χ0) is 20.5. The van der Waals surface area contributed by atoms with Crippen molar-refractivity contribution in [2.45, 2.75) is 38.3 Å². The predicted molar refractivity (Wildman–Crippen MR) is 121 cm³/mol. The molecule has 1 aliphatic carbocycles. The van der Waals surface area contributed by atoms with Crippen LogP contribution in [0.5, 0.6) is 0 Å². The summed E-state index contributed by atoms with van der Waals surface area (Å²) >= 11 is 0. The van der Waals surface area contributed by atoms with Crippen molar-refractivity contribution in [2.24, 2.45) is 5.92 Å². The topological polar surface area (TPSA) is 48.7 Å². The van der Waals surface area contributed by atoms with E-state index in [0.717, 1.165) is 49.3 Å². The van der Waals surface area contributed by atoms with E-state index >= 15 is 0 Å². The molecule has 1 saturated heterocycles. The molecule has 0 spiro atoms. The largest absolute Gasteiger partial charge is 0.370 e. The van der Waals surface area contributed by atoms with Gasteiger partial charge in [0, 0.05) is 32.0 Å². The van der Waals surface area contributed by atoms with Crippen LogP contribution in [0, 0.1) is 5.92 Å². The molecule has 0 radical (unpaired) electrons. The van der Waals surface area contributed by atoms with Crippen LogP contribution in [0.4, 0.5) is 5.82 Å². The van der Waals surface area contributed by atoms with E-state index in [0.29, 0.717) is 6.04 Å². The molecule has 0 unspecified atom stereocenters. The third-order valence-corrected chi connectivity index (χ3v) is 6.62. The third kappa shape index (κ3) is 3.82. The van der Waals surface area contributed by atoms with Crippen molar-refractivity contribution >= 4 is 11.5 Å². The van der Waals surface area contributed by atoms with Gasteiger partial charge in [0.1, 0.15) is 11.5 Å². The van der Waals surface area contributed by atoms with E-state index in [2.05, 4.69) is 70.1 Å². The molecule has 30 heavy (non-hydrogen) atoms. The lowest BCUT2D eigenvalue weighted by atomic mass is 9.77. The first-order chi connectivity index (χ1) is 14.7. The molecule has 2 atom stereocenters. The normalized spacial score (nSPS) is 21.6. The Morgan fingerprint density at radius 2 is 2.10 bits per heavy atom. The summed E-state index contributed by atoms with van der Waals surface area (Å²) in [6.07, 6.45) is 9.22. The van der Waals surface area contributed by atoms with Crippen LogP contribution in [0.3, 0.4) is 0 Å². The summed E-state index contributed by atoms with van der Waals surface area (Å²) in [6, 6.07) is 11.1. The minimum absolute atomic E-state index is 0.436. The monoisotopic (exact) mass is 404 g/mol. The van der Waals surface area contributed by atoms with Crippen LogP contribution in [-0.4, -0.2) is 57.9 Å². The Kier molecular flexibility index (Phi) is 5.44. The standard InChI is InChI=1S/C24H32N6/c1-28(2)15-13-25-21-8-3-9-22-27-20(17-30(21)22)16-29-14-5-7-19-11-10-18-6-4-12-26-23(18)24(19)29/h3-4,6,8-9,12,17,19,24-25H,5,7,10-11,13-16H2,1-2H3/t19-,24-/m0/s1. The fourth-order valence-electron chi connectivity index (χ4n) is 5.19. The van der Waals surface area contributed by atoms with Crippen LogP contribution in [-0.2, 0) is 13.0 Å². The molecule has 2 aliphatic rings. The Hall–Kier alpha value is -2.44. The number of aromatic nitrogens is 3. The highest BCUT2D eigenvalue weighted by atomic mass is 15.2. The number of rotatable bonds is 6. The van der Waals surface area contributed by atoms with E-state index < -0.39 is 0 Å². The average molecular weight is 405 g/mol. The molecule has 0 aromatic carbocycles. The van der Waals surface area contributed by atoms with Gasteiger partial charge in [0.25, 0.3) is 0 Å². The third-order valence-electron chi connectivity index (χ3n) is 6.62. The highest BCUT2D eigenvalue weighted by Crippen LogP contribution is 2.43. The fraction of sp³-hybridized carbons (Fsp3) is 0.500. The van der Waals surface area contributed by atoms with Crippen molar-refractivity contribution in [3.05, 3.63) is 59.7 Å². The lowest BCUT2D eigenvalue weighted by molar-refractivity contribution is 0.0687. The number of pyridine rings is 2. The number of aryl methyl sites for hydroxylation is 1. The molecule has 1 aliphatic heterocycles. The molecule has 1 N–H and O–H groups in total. The molecule has 6 heteroatoms. The summed E-state index contributed by atoms with van der Waals surface area (Å²) in [7, 11) is 4.20. The van der Waals surface area contributed by atoms with E-state index in [1.54, 1.807) is 0 Å². The average Bonchev–Trinajstić information content (AvgIpc) is 3.17. The molecular weight excluding hydrogens is 372 g/mol. The first kappa shape index (κ1) is 19.5. The number of anilines is 1. The van der Waals surface area contributed by atoms with Crippen LogP contribution in [0.1, 0.15) is 42.3 Å². The Morgan fingerprint density at radius 1 is 1.17 bits per heavy atom. The molecule has 4 heterocycles. The van der Waals surface area contributed by atoms with Gasteiger partial charge in [-0.2, -0.15) is 0 Å². The second-order valence-electron chi connectivity index (χ2n) is 9.01. The van der Waals surface area contributed by atoms with Crippen molar-refractivity contribution in [3.8, 4) is 0 Å². The summed E-state index contributed by atoms with van der Waals surface area (Å²) in [4.78, 5) is 14.6. The van der Waals surface area contributed by atoms with Crippen molar-refractivity contribution in [2.75, 3.05) is 39.0 Å². The molecule has 158 valence electrons. The second-order valence-corrected chi connectivity index (χ2v) is 9.01. The SMILES string of the molecule is CN(C)CCNc1cccc2nc(CN3CCC[C@H]4CCc5cccnc5[C@H]43)cn12. The van der Waals surface area contributed by atoms with Gasteiger partial charge in [0.2, 0.25) is 0 Å². The minimum atomic E-state index is 0.436. The maximum absolute atomic E-state index is 4.95. The zero-order valence-corrected chi connectivity index (χ0v) is 18.1. The van der Waals surface area contributed by atoms with Gasteiger partial charge in [0.15, 0.2) is 0 Å². The van der Waals surface area contributed by atoms with E-state index in [4.69, 9.17) is 9.97 Å². The molecule has 3 aromatic heterocycles. The Bertz CT molecular complexity index is 1010. The number of likely N-dealkylation sites (N-methyl/N-ethyl adjacent to an activating group) is 1. The quantitative estimate of drug-likeness (QED) is 0.680. The lowest BCUT2D eigenvalue weighted by Gasteiger charge is -2.44. The van der Waals surface area contributed by atoms with Gasteiger partial charge >= 0.3 is 0 Å². The maximum atomic E-state index is 4.95. The van der Waals surface area contributed by atoms with Crippen LogP contribution < -0.4 is 5.32 Å². The van der Waals surface area contributed by atoms with Gasteiger partial charge in [-0.15, -0.1) is 0 Å². The van der Waals surface area contributed by atoms with E-state index in [-0.39, 0.29) is 0 Å². The van der Waals surface area contributed by atoms with Gasteiger partial charge in [-0.1, -0.05) is 12.1 Å². The predicted octanol–water partition coefficient (Wildman–Crippen LogP) is 3.60. The maximum Gasteiger partial charge on any atom is 0.138 e. The number of imidazole rings is 1. The second kappa shape index (κ2) is 8.36. The van der Waals surface area contributed by atoms with Gasteiger partial charge in [0.05, 0.1) is 17.4 Å². The van der Waals surface area contributed by atoms with Crippen molar-refractivity contribution in [1.82, 2.24) is 24.2 Å². The van der Waals surface area contributed by atoms with Crippen LogP contribution in [0.15, 0.2) is 42.7 Å². The number of piperidine rings is 1. The number of hydrogen-bond acceptors (Lipinski definition) is 5. The summed E-state index contributed by atoms with van der Waals surface area (Å²) in [6.45, 7) is 3.92. The molecule has 0 saturated carbocycles. The molecular formula is C24H32N6. The Balaban J connectivity index is 1.39. The smallest absolute Gasteiger partial charge is 0.138 e. The fourth-order valence-corrected chi connectivity index (χ4v) is 5.19. The number of nitrogens with zero attached hydrogens (tertiary/aromatic N) is 5. The minimum Gasteiger partial charge on any atom is -0.370 e. The number of nitrogens with one attached hydrogen (secondary N) is 1. The molecule has 3 aromatic rings. The van der Waals surface area contributed by atoms with Crippen molar-refractivity contribution < 1.29 is 0 Å². The van der Waals surface area contributed by atoms with Gasteiger partial charge in [-0.05, 0) is 76.0 Å². The highest BCUT2D eigenvalue weighted by molar-refractivity contribution is 5.51. The van der Waals surface area contributed by atoms with E-state index in [9.17, 15) is 0 Å². The Labute approximate surface area is 178 Å². The van der Waals surface area contributed by atoms with Crippen molar-refractivity contribution in [1.29, 1.82) is 0 Å². The van der Waals surface area contributed by atoms with Gasteiger partial charge in [-0.3, -0.25) is 14.3 Å². The number of likely N-dealkylation sites (tertiary alicyclic amines) is 1.